The summed E-state index contributed by atoms with van der Waals surface area (Å²) in [5.74, 6) is 0.123. The lowest BCUT2D eigenvalue weighted by Gasteiger charge is -2.05. The maximum absolute atomic E-state index is 11.9. The molecule has 1 N–H and O–H groups in total. The summed E-state index contributed by atoms with van der Waals surface area (Å²) in [6.45, 7) is 0.665. The average Bonchev–Trinajstić information content (AvgIpc) is 3.03. The number of halogens is 1. The number of amides is 1. The lowest BCUT2D eigenvalue weighted by atomic mass is 10.1. The molecule has 1 heterocycles. The summed E-state index contributed by atoms with van der Waals surface area (Å²) in [4.78, 5) is 16.5. The van der Waals surface area contributed by atoms with Gasteiger partial charge in [-0.15, -0.1) is 11.3 Å². The van der Waals surface area contributed by atoms with Crippen LogP contribution in [0.15, 0.2) is 48.5 Å². The van der Waals surface area contributed by atoms with E-state index >= 15 is 0 Å². The van der Waals surface area contributed by atoms with Crippen LogP contribution < -0.4 is 5.32 Å². The van der Waals surface area contributed by atoms with E-state index in [0.717, 1.165) is 41.2 Å². The van der Waals surface area contributed by atoms with E-state index < -0.39 is 0 Å². The fraction of sp³-hybridized carbons (Fsp3) is 0.300. The Bertz CT molecular complexity index is 796. The van der Waals surface area contributed by atoms with Crippen molar-refractivity contribution < 1.29 is 4.79 Å². The number of hydrogen-bond acceptors (Lipinski definition) is 3. The van der Waals surface area contributed by atoms with Crippen molar-refractivity contribution in [3.8, 4) is 0 Å². The SMILES string of the molecule is O=C(CCCCc1nc2ccccc2s1)NCCc1ccc(Cl)cc1. The molecule has 0 unspecified atom stereocenters. The monoisotopic (exact) mass is 372 g/mol. The van der Waals surface area contributed by atoms with Crippen LogP contribution >= 0.6 is 22.9 Å². The zero-order valence-electron chi connectivity index (χ0n) is 14.0. The largest absolute Gasteiger partial charge is 0.356 e. The predicted octanol–water partition coefficient (Wildman–Crippen LogP) is 5.02. The van der Waals surface area contributed by atoms with Gasteiger partial charge in [-0.2, -0.15) is 0 Å². The molecule has 0 radical (unpaired) electrons. The van der Waals surface area contributed by atoms with E-state index in [2.05, 4.69) is 16.4 Å². The Hall–Kier alpha value is -1.91. The van der Waals surface area contributed by atoms with Crippen molar-refractivity contribution in [2.24, 2.45) is 0 Å². The second kappa shape index (κ2) is 8.97. The van der Waals surface area contributed by atoms with E-state index in [1.807, 2.05) is 42.5 Å². The highest BCUT2D eigenvalue weighted by atomic mass is 35.5. The number of aromatic nitrogens is 1. The zero-order valence-corrected chi connectivity index (χ0v) is 15.6. The van der Waals surface area contributed by atoms with Crippen LogP contribution in [-0.2, 0) is 17.6 Å². The molecule has 3 nitrogen and oxygen atoms in total. The molecule has 0 saturated carbocycles. The Balaban J connectivity index is 1.31. The lowest BCUT2D eigenvalue weighted by molar-refractivity contribution is -0.121. The first-order valence-corrected chi connectivity index (χ1v) is 9.76. The molecule has 0 aliphatic rings. The molecule has 0 bridgehead atoms. The fourth-order valence-electron chi connectivity index (χ4n) is 2.67. The molecule has 0 saturated heterocycles. The number of nitrogens with one attached hydrogen (secondary N) is 1. The van der Waals surface area contributed by atoms with Gasteiger partial charge in [0.15, 0.2) is 0 Å². The number of benzene rings is 2. The minimum Gasteiger partial charge on any atom is -0.356 e. The molecule has 1 aromatic heterocycles. The highest BCUT2D eigenvalue weighted by molar-refractivity contribution is 7.18. The van der Waals surface area contributed by atoms with E-state index in [4.69, 9.17) is 11.6 Å². The summed E-state index contributed by atoms with van der Waals surface area (Å²) < 4.78 is 1.23. The second-order valence-electron chi connectivity index (χ2n) is 6.01. The van der Waals surface area contributed by atoms with E-state index in [0.29, 0.717) is 13.0 Å². The summed E-state index contributed by atoms with van der Waals surface area (Å²) in [6.07, 6.45) is 4.23. The minimum atomic E-state index is 0.123. The summed E-state index contributed by atoms with van der Waals surface area (Å²) in [5, 5.41) is 4.87. The number of nitrogens with zero attached hydrogens (tertiary/aromatic N) is 1. The van der Waals surface area contributed by atoms with Gasteiger partial charge >= 0.3 is 0 Å². The van der Waals surface area contributed by atoms with Gasteiger partial charge in [0.25, 0.3) is 0 Å². The van der Waals surface area contributed by atoms with Gasteiger partial charge in [-0.3, -0.25) is 4.79 Å². The van der Waals surface area contributed by atoms with Crippen LogP contribution in [0.1, 0.15) is 29.8 Å². The van der Waals surface area contributed by atoms with E-state index in [9.17, 15) is 4.79 Å². The first-order chi connectivity index (χ1) is 12.2. The Labute approximate surface area is 157 Å². The van der Waals surface area contributed by atoms with Crippen molar-refractivity contribution in [1.82, 2.24) is 10.3 Å². The molecule has 0 aliphatic heterocycles. The first kappa shape index (κ1) is 17.9. The zero-order chi connectivity index (χ0) is 17.5. The van der Waals surface area contributed by atoms with Gasteiger partial charge < -0.3 is 5.32 Å². The second-order valence-corrected chi connectivity index (χ2v) is 7.56. The third kappa shape index (κ3) is 5.55. The molecule has 5 heteroatoms. The van der Waals surface area contributed by atoms with Crippen LogP contribution in [0.5, 0.6) is 0 Å². The molecule has 0 aliphatic carbocycles. The molecule has 130 valence electrons. The van der Waals surface area contributed by atoms with Gasteiger partial charge in [-0.25, -0.2) is 4.98 Å². The molecule has 0 fully saturated rings. The number of hydrogen-bond donors (Lipinski definition) is 1. The number of rotatable bonds is 8. The minimum absolute atomic E-state index is 0.123. The molecular formula is C20H21ClN2OS. The van der Waals surface area contributed by atoms with Crippen LogP contribution in [0.4, 0.5) is 0 Å². The van der Waals surface area contributed by atoms with E-state index in [1.165, 1.54) is 10.3 Å². The van der Waals surface area contributed by atoms with Gasteiger partial charge in [-0.05, 0) is 55.5 Å². The topological polar surface area (TPSA) is 42.0 Å². The van der Waals surface area contributed by atoms with Crippen LogP contribution in [0.3, 0.4) is 0 Å². The summed E-state index contributed by atoms with van der Waals surface area (Å²) >= 11 is 7.61. The van der Waals surface area contributed by atoms with Gasteiger partial charge in [0, 0.05) is 18.0 Å². The van der Waals surface area contributed by atoms with Gasteiger partial charge in [0.2, 0.25) is 5.91 Å². The van der Waals surface area contributed by atoms with Crippen molar-refractivity contribution in [2.75, 3.05) is 6.54 Å². The molecule has 2 aromatic carbocycles. The molecule has 3 rings (SSSR count). The first-order valence-electron chi connectivity index (χ1n) is 8.56. The standard InChI is InChI=1S/C20H21ClN2OS/c21-16-11-9-15(10-12-16)13-14-22-19(24)7-3-4-8-20-23-17-5-1-2-6-18(17)25-20/h1-2,5-6,9-12H,3-4,7-8,13-14H2,(H,22,24). The molecular weight excluding hydrogens is 352 g/mol. The van der Waals surface area contributed by atoms with Crippen LogP contribution in [-0.4, -0.2) is 17.4 Å². The summed E-state index contributed by atoms with van der Waals surface area (Å²) in [5.41, 5.74) is 2.25. The molecule has 25 heavy (non-hydrogen) atoms. The van der Waals surface area contributed by atoms with E-state index in [-0.39, 0.29) is 5.91 Å². The Morgan fingerprint density at radius 1 is 1.04 bits per heavy atom. The molecule has 0 spiro atoms. The summed E-state index contributed by atoms with van der Waals surface area (Å²) in [6, 6.07) is 15.9. The highest BCUT2D eigenvalue weighted by Crippen LogP contribution is 2.22. The Morgan fingerprint density at radius 2 is 1.84 bits per heavy atom. The van der Waals surface area contributed by atoms with Crippen LogP contribution in [0.2, 0.25) is 5.02 Å². The van der Waals surface area contributed by atoms with Gasteiger partial charge in [0.1, 0.15) is 0 Å². The van der Waals surface area contributed by atoms with Crippen molar-refractivity contribution in [3.63, 3.8) is 0 Å². The van der Waals surface area contributed by atoms with Gasteiger partial charge in [0.05, 0.1) is 15.2 Å². The molecule has 1 amide bonds. The van der Waals surface area contributed by atoms with Crippen molar-refractivity contribution >= 4 is 39.1 Å². The number of unbranched alkanes of at least 4 members (excludes halogenated alkanes) is 1. The number of carbonyl (C=O) groups is 1. The molecule has 0 atom stereocenters. The van der Waals surface area contributed by atoms with Crippen molar-refractivity contribution in [3.05, 3.63) is 64.1 Å². The highest BCUT2D eigenvalue weighted by Gasteiger charge is 2.05. The smallest absolute Gasteiger partial charge is 0.220 e. The quantitative estimate of drug-likeness (QED) is 0.564. The van der Waals surface area contributed by atoms with Gasteiger partial charge in [-0.1, -0.05) is 35.9 Å². The Kier molecular flexibility index (Phi) is 6.42. The normalized spacial score (nSPS) is 10.9. The average molecular weight is 373 g/mol. The number of para-hydroxylation sites is 1. The lowest BCUT2D eigenvalue weighted by Crippen LogP contribution is -2.25. The fourth-order valence-corrected chi connectivity index (χ4v) is 3.81. The number of carbonyl (C=O) groups excluding carboxylic acids is 1. The van der Waals surface area contributed by atoms with Crippen LogP contribution in [0.25, 0.3) is 10.2 Å². The maximum Gasteiger partial charge on any atom is 0.220 e. The third-order valence-corrected chi connectivity index (χ3v) is 5.38. The number of fused-ring (bicyclic) bond motifs is 1. The Morgan fingerprint density at radius 3 is 2.64 bits per heavy atom. The third-order valence-electron chi connectivity index (χ3n) is 4.03. The number of thiazole rings is 1. The predicted molar refractivity (Wildman–Crippen MR) is 105 cm³/mol. The number of aryl methyl sites for hydroxylation is 1. The van der Waals surface area contributed by atoms with Crippen molar-refractivity contribution in [1.29, 1.82) is 0 Å². The van der Waals surface area contributed by atoms with Crippen LogP contribution in [0, 0.1) is 0 Å². The molecule has 3 aromatic rings. The maximum atomic E-state index is 11.9. The van der Waals surface area contributed by atoms with Crippen molar-refractivity contribution in [2.45, 2.75) is 32.1 Å². The van der Waals surface area contributed by atoms with E-state index in [1.54, 1.807) is 11.3 Å². The summed E-state index contributed by atoms with van der Waals surface area (Å²) in [7, 11) is 0.